The van der Waals surface area contributed by atoms with Crippen LogP contribution in [0, 0.1) is 5.82 Å². The lowest BCUT2D eigenvalue weighted by Gasteiger charge is -2.18. The molecule has 0 atom stereocenters. The predicted molar refractivity (Wildman–Crippen MR) is 68.3 cm³/mol. The molecule has 2 nitrogen and oxygen atoms in total. The van der Waals surface area contributed by atoms with Crippen molar-refractivity contribution < 1.29 is 9.50 Å². The van der Waals surface area contributed by atoms with E-state index in [0.717, 1.165) is 10.9 Å². The molecule has 2 aromatic rings. The minimum absolute atomic E-state index is 0.289. The number of hydrogen-bond donors (Lipinski definition) is 1. The van der Waals surface area contributed by atoms with E-state index < -0.39 is 5.60 Å². The van der Waals surface area contributed by atoms with Crippen molar-refractivity contribution >= 4 is 17.0 Å². The van der Waals surface area contributed by atoms with E-state index in [1.165, 1.54) is 12.1 Å². The molecule has 0 spiro atoms. The summed E-state index contributed by atoms with van der Waals surface area (Å²) in [5.41, 5.74) is 0.466. The molecule has 0 fully saturated rings. The summed E-state index contributed by atoms with van der Waals surface area (Å²) in [5.74, 6) is -0.289. The summed E-state index contributed by atoms with van der Waals surface area (Å²) >= 11 is 0. The lowest BCUT2D eigenvalue weighted by molar-refractivity contribution is 0.0628. The molecule has 1 N–H and O–H groups in total. The van der Waals surface area contributed by atoms with Gasteiger partial charge >= 0.3 is 0 Å². The van der Waals surface area contributed by atoms with E-state index in [9.17, 15) is 9.50 Å². The van der Waals surface area contributed by atoms with E-state index in [2.05, 4.69) is 6.58 Å². The minimum Gasteiger partial charge on any atom is -0.389 e. The highest BCUT2D eigenvalue weighted by atomic mass is 19.1. The molecule has 0 saturated heterocycles. The van der Waals surface area contributed by atoms with Crippen molar-refractivity contribution in [2.75, 3.05) is 0 Å². The Kier molecular flexibility index (Phi) is 2.79. The SMILES string of the molecule is C=Cc1cc2ccn(CC(C)(C)O)c2cc1F. The molecule has 0 radical (unpaired) electrons. The molecule has 1 heterocycles. The molecule has 0 saturated carbocycles. The summed E-state index contributed by atoms with van der Waals surface area (Å²) < 4.78 is 15.5. The summed E-state index contributed by atoms with van der Waals surface area (Å²) in [7, 11) is 0. The van der Waals surface area contributed by atoms with Crippen LogP contribution in [0.15, 0.2) is 31.0 Å². The van der Waals surface area contributed by atoms with E-state index in [0.29, 0.717) is 12.1 Å². The molecule has 0 amide bonds. The van der Waals surface area contributed by atoms with Crippen LogP contribution in [0.2, 0.25) is 0 Å². The summed E-state index contributed by atoms with van der Waals surface area (Å²) in [6, 6.07) is 5.16. The number of nitrogens with zero attached hydrogens (tertiary/aromatic N) is 1. The highest BCUT2D eigenvalue weighted by molar-refractivity contribution is 5.82. The molecular weight excluding hydrogens is 217 g/mol. The number of aliphatic hydroxyl groups is 1. The fraction of sp³-hybridized carbons (Fsp3) is 0.286. The predicted octanol–water partition coefficient (Wildman–Crippen LogP) is 3.19. The van der Waals surface area contributed by atoms with Gasteiger partial charge in [0.05, 0.1) is 17.7 Å². The highest BCUT2D eigenvalue weighted by Gasteiger charge is 2.15. The molecule has 3 heteroatoms. The third-order valence-electron chi connectivity index (χ3n) is 2.67. The van der Waals surface area contributed by atoms with Gasteiger partial charge in [0.2, 0.25) is 0 Å². The summed E-state index contributed by atoms with van der Waals surface area (Å²) in [6.07, 6.45) is 3.36. The van der Waals surface area contributed by atoms with E-state index in [1.807, 2.05) is 16.8 Å². The Morgan fingerprint density at radius 2 is 2.18 bits per heavy atom. The third kappa shape index (κ3) is 2.39. The van der Waals surface area contributed by atoms with Gasteiger partial charge in [-0.1, -0.05) is 12.7 Å². The lowest BCUT2D eigenvalue weighted by Crippen LogP contribution is -2.25. The standard InChI is InChI=1S/C14H16FNO/c1-4-10-7-11-5-6-16(9-14(2,3)17)13(11)8-12(10)15/h4-8,17H,1,9H2,2-3H3. The molecule has 0 aliphatic heterocycles. The van der Waals surface area contributed by atoms with Crippen LogP contribution in [0.4, 0.5) is 4.39 Å². The molecule has 1 aromatic carbocycles. The second kappa shape index (κ2) is 4.00. The van der Waals surface area contributed by atoms with Gasteiger partial charge in [-0.2, -0.15) is 0 Å². The number of hydrogen-bond acceptors (Lipinski definition) is 1. The van der Waals surface area contributed by atoms with E-state index >= 15 is 0 Å². The summed E-state index contributed by atoms with van der Waals surface area (Å²) in [5, 5.41) is 10.7. The first kappa shape index (κ1) is 11.9. The maximum Gasteiger partial charge on any atom is 0.132 e. The maximum absolute atomic E-state index is 13.7. The highest BCUT2D eigenvalue weighted by Crippen LogP contribution is 2.22. The number of rotatable bonds is 3. The molecule has 0 bridgehead atoms. The zero-order chi connectivity index (χ0) is 12.6. The molecule has 0 unspecified atom stereocenters. The Morgan fingerprint density at radius 3 is 2.76 bits per heavy atom. The fourth-order valence-electron chi connectivity index (χ4n) is 1.94. The van der Waals surface area contributed by atoms with Gasteiger partial charge in [0.25, 0.3) is 0 Å². The van der Waals surface area contributed by atoms with Crippen molar-refractivity contribution in [3.8, 4) is 0 Å². The molecule has 0 aliphatic rings. The average molecular weight is 233 g/mol. The molecule has 1 aromatic heterocycles. The fourth-order valence-corrected chi connectivity index (χ4v) is 1.94. The van der Waals surface area contributed by atoms with Crippen LogP contribution in [0.1, 0.15) is 19.4 Å². The van der Waals surface area contributed by atoms with Crippen LogP contribution in [-0.2, 0) is 6.54 Å². The van der Waals surface area contributed by atoms with Crippen molar-refractivity contribution in [3.05, 3.63) is 42.4 Å². The molecule has 90 valence electrons. The van der Waals surface area contributed by atoms with Gasteiger partial charge < -0.3 is 9.67 Å². The first-order chi connectivity index (χ1) is 7.90. The van der Waals surface area contributed by atoms with E-state index in [1.54, 1.807) is 19.9 Å². The zero-order valence-corrected chi connectivity index (χ0v) is 10.1. The Labute approximate surface area is 100.0 Å². The van der Waals surface area contributed by atoms with E-state index in [-0.39, 0.29) is 5.82 Å². The number of aromatic nitrogens is 1. The van der Waals surface area contributed by atoms with Crippen molar-refractivity contribution in [1.29, 1.82) is 0 Å². The zero-order valence-electron chi connectivity index (χ0n) is 10.1. The number of fused-ring (bicyclic) bond motifs is 1. The topological polar surface area (TPSA) is 25.2 Å². The normalized spacial score (nSPS) is 12.0. The van der Waals surface area contributed by atoms with Crippen LogP contribution < -0.4 is 0 Å². The second-order valence-electron chi connectivity index (χ2n) is 4.89. The van der Waals surface area contributed by atoms with Gasteiger partial charge in [-0.25, -0.2) is 4.39 Å². The Morgan fingerprint density at radius 1 is 1.47 bits per heavy atom. The van der Waals surface area contributed by atoms with E-state index in [4.69, 9.17) is 0 Å². The van der Waals surface area contributed by atoms with Crippen molar-refractivity contribution in [1.82, 2.24) is 4.57 Å². The summed E-state index contributed by atoms with van der Waals surface area (Å²) in [6.45, 7) is 7.47. The largest absolute Gasteiger partial charge is 0.389 e. The molecule has 0 aliphatic carbocycles. The average Bonchev–Trinajstić information content (AvgIpc) is 2.57. The second-order valence-corrected chi connectivity index (χ2v) is 4.89. The molecule has 2 rings (SSSR count). The van der Waals surface area contributed by atoms with Crippen molar-refractivity contribution in [3.63, 3.8) is 0 Å². The quantitative estimate of drug-likeness (QED) is 0.865. The van der Waals surface area contributed by atoms with Crippen LogP contribution in [0.3, 0.4) is 0 Å². The van der Waals surface area contributed by atoms with Crippen LogP contribution in [-0.4, -0.2) is 15.3 Å². The molecular formula is C14H16FNO. The minimum atomic E-state index is -0.820. The third-order valence-corrected chi connectivity index (χ3v) is 2.67. The van der Waals surface area contributed by atoms with Gasteiger partial charge in [-0.15, -0.1) is 0 Å². The van der Waals surface area contributed by atoms with Gasteiger partial charge in [0, 0.05) is 17.1 Å². The van der Waals surface area contributed by atoms with Gasteiger partial charge in [0.15, 0.2) is 0 Å². The summed E-state index contributed by atoms with van der Waals surface area (Å²) in [4.78, 5) is 0. The van der Waals surface area contributed by atoms with Gasteiger partial charge in [0.1, 0.15) is 5.82 Å². The van der Waals surface area contributed by atoms with Gasteiger partial charge in [-0.3, -0.25) is 0 Å². The van der Waals surface area contributed by atoms with Gasteiger partial charge in [-0.05, 0) is 32.0 Å². The number of benzene rings is 1. The van der Waals surface area contributed by atoms with Crippen LogP contribution >= 0.6 is 0 Å². The Bertz CT molecular complexity index is 563. The first-order valence-electron chi connectivity index (χ1n) is 5.54. The van der Waals surface area contributed by atoms with Crippen molar-refractivity contribution in [2.45, 2.75) is 26.0 Å². The number of halogens is 1. The maximum atomic E-state index is 13.7. The van der Waals surface area contributed by atoms with Crippen LogP contribution in [0.5, 0.6) is 0 Å². The molecule has 17 heavy (non-hydrogen) atoms. The smallest absolute Gasteiger partial charge is 0.132 e. The Balaban J connectivity index is 2.54. The lowest BCUT2D eigenvalue weighted by atomic mass is 10.1. The van der Waals surface area contributed by atoms with Crippen molar-refractivity contribution in [2.24, 2.45) is 0 Å². The Hall–Kier alpha value is -1.61. The van der Waals surface area contributed by atoms with Crippen LogP contribution in [0.25, 0.3) is 17.0 Å². The first-order valence-corrected chi connectivity index (χ1v) is 5.54. The monoisotopic (exact) mass is 233 g/mol.